The maximum Gasteiger partial charge on any atom is 0.309 e. The van der Waals surface area contributed by atoms with Gasteiger partial charge in [-0.3, -0.25) is 4.79 Å². The number of carboxylic acids is 1. The second-order valence-corrected chi connectivity index (χ2v) is 3.52. The van der Waals surface area contributed by atoms with Crippen molar-refractivity contribution in [2.24, 2.45) is 0 Å². The van der Waals surface area contributed by atoms with Crippen molar-refractivity contribution in [3.05, 3.63) is 11.4 Å². The molecule has 0 aliphatic carbocycles. The molecule has 0 aliphatic rings. The molecule has 0 atom stereocenters. The fourth-order valence-corrected chi connectivity index (χ4v) is 1.52. The van der Waals surface area contributed by atoms with Crippen molar-refractivity contribution < 1.29 is 14.6 Å². The molecule has 1 heterocycles. The van der Waals surface area contributed by atoms with Crippen LogP contribution in [0, 0.1) is 0 Å². The first-order valence-corrected chi connectivity index (χ1v) is 5.31. The van der Waals surface area contributed by atoms with Crippen molar-refractivity contribution in [3.63, 3.8) is 0 Å². The zero-order chi connectivity index (χ0) is 12.0. The molecular weight excluding hydrogens is 210 g/mol. The molecule has 1 aromatic heterocycles. The average Bonchev–Trinajstić information content (AvgIpc) is 2.59. The Morgan fingerprint density at radius 1 is 1.56 bits per heavy atom. The van der Waals surface area contributed by atoms with Crippen LogP contribution in [0.3, 0.4) is 0 Å². The maximum absolute atomic E-state index is 10.6. The predicted molar refractivity (Wildman–Crippen MR) is 57.2 cm³/mol. The summed E-state index contributed by atoms with van der Waals surface area (Å²) in [5, 5.41) is 16.6. The zero-order valence-corrected chi connectivity index (χ0v) is 9.64. The van der Waals surface area contributed by atoms with E-state index in [1.807, 2.05) is 6.92 Å². The van der Waals surface area contributed by atoms with Gasteiger partial charge >= 0.3 is 5.97 Å². The highest BCUT2D eigenvalue weighted by Gasteiger charge is 2.14. The van der Waals surface area contributed by atoms with E-state index in [4.69, 9.17) is 9.84 Å². The first-order valence-electron chi connectivity index (χ1n) is 5.31. The minimum absolute atomic E-state index is 0.0671. The zero-order valence-electron chi connectivity index (χ0n) is 9.64. The van der Waals surface area contributed by atoms with E-state index >= 15 is 0 Å². The molecule has 90 valence electrons. The SMILES string of the molecule is CCCc1c(CC(=O)O)nnn1CCOC. The Morgan fingerprint density at radius 2 is 2.31 bits per heavy atom. The van der Waals surface area contributed by atoms with E-state index < -0.39 is 5.97 Å². The minimum atomic E-state index is -0.879. The van der Waals surface area contributed by atoms with Gasteiger partial charge in [0.05, 0.1) is 31.0 Å². The standard InChI is InChI=1S/C10H17N3O3/c1-3-4-9-8(7-10(14)15)11-12-13(9)5-6-16-2/h3-7H2,1-2H3,(H,14,15). The Balaban J connectivity index is 2.82. The lowest BCUT2D eigenvalue weighted by Crippen LogP contribution is -2.11. The molecule has 0 unspecified atom stereocenters. The van der Waals surface area contributed by atoms with E-state index in [1.165, 1.54) is 0 Å². The van der Waals surface area contributed by atoms with Crippen LogP contribution in [0.1, 0.15) is 24.7 Å². The number of carboxylic acid groups (broad SMARTS) is 1. The molecule has 1 rings (SSSR count). The van der Waals surface area contributed by atoms with E-state index in [9.17, 15) is 4.79 Å². The molecule has 0 amide bonds. The highest BCUT2D eigenvalue weighted by Crippen LogP contribution is 2.09. The van der Waals surface area contributed by atoms with E-state index in [0.717, 1.165) is 18.5 Å². The number of aromatic nitrogens is 3. The molecule has 0 saturated carbocycles. The molecule has 0 aromatic carbocycles. The number of methoxy groups -OCH3 is 1. The molecule has 16 heavy (non-hydrogen) atoms. The van der Waals surface area contributed by atoms with Crippen LogP contribution in [-0.2, 0) is 28.9 Å². The highest BCUT2D eigenvalue weighted by molar-refractivity contribution is 5.69. The van der Waals surface area contributed by atoms with Gasteiger partial charge < -0.3 is 9.84 Å². The first kappa shape index (κ1) is 12.6. The van der Waals surface area contributed by atoms with E-state index in [1.54, 1.807) is 11.8 Å². The fraction of sp³-hybridized carbons (Fsp3) is 0.700. The van der Waals surface area contributed by atoms with Gasteiger partial charge in [-0.25, -0.2) is 4.68 Å². The summed E-state index contributed by atoms with van der Waals surface area (Å²) < 4.78 is 6.69. The van der Waals surface area contributed by atoms with Gasteiger partial charge in [-0.1, -0.05) is 18.6 Å². The number of nitrogens with zero attached hydrogens (tertiary/aromatic N) is 3. The van der Waals surface area contributed by atoms with Gasteiger partial charge in [0.25, 0.3) is 0 Å². The lowest BCUT2D eigenvalue weighted by atomic mass is 10.1. The van der Waals surface area contributed by atoms with Crippen molar-refractivity contribution in [2.45, 2.75) is 32.7 Å². The van der Waals surface area contributed by atoms with Gasteiger partial charge in [0.15, 0.2) is 0 Å². The maximum atomic E-state index is 10.6. The molecule has 0 aliphatic heterocycles. The summed E-state index contributed by atoms with van der Waals surface area (Å²) in [5.74, 6) is -0.879. The molecular formula is C10H17N3O3. The molecule has 0 saturated heterocycles. The third-order valence-electron chi connectivity index (χ3n) is 2.23. The van der Waals surface area contributed by atoms with Crippen LogP contribution in [-0.4, -0.2) is 39.8 Å². The van der Waals surface area contributed by atoms with Gasteiger partial charge in [0.2, 0.25) is 0 Å². The summed E-state index contributed by atoms with van der Waals surface area (Å²) in [4.78, 5) is 10.6. The molecule has 0 bridgehead atoms. The predicted octanol–water partition coefficient (Wildman–Crippen LogP) is 0.504. The third-order valence-corrected chi connectivity index (χ3v) is 2.23. The molecule has 0 spiro atoms. The quantitative estimate of drug-likeness (QED) is 0.734. The topological polar surface area (TPSA) is 77.2 Å². The molecule has 6 nitrogen and oxygen atoms in total. The molecule has 1 aromatic rings. The van der Waals surface area contributed by atoms with Crippen molar-refractivity contribution in [1.82, 2.24) is 15.0 Å². The minimum Gasteiger partial charge on any atom is -0.481 e. The Kier molecular flexibility index (Phi) is 4.91. The number of aliphatic carboxylic acids is 1. The number of rotatable bonds is 7. The molecule has 6 heteroatoms. The highest BCUT2D eigenvalue weighted by atomic mass is 16.5. The van der Waals surface area contributed by atoms with Crippen molar-refractivity contribution in [3.8, 4) is 0 Å². The third kappa shape index (κ3) is 3.30. The van der Waals surface area contributed by atoms with Gasteiger partial charge in [-0.2, -0.15) is 0 Å². The Morgan fingerprint density at radius 3 is 2.88 bits per heavy atom. The number of hydrogen-bond donors (Lipinski definition) is 1. The van der Waals surface area contributed by atoms with E-state index in [-0.39, 0.29) is 6.42 Å². The van der Waals surface area contributed by atoms with E-state index in [2.05, 4.69) is 10.3 Å². The van der Waals surface area contributed by atoms with Crippen molar-refractivity contribution >= 4 is 5.97 Å². The molecule has 0 fully saturated rings. The Labute approximate surface area is 94.2 Å². The van der Waals surface area contributed by atoms with Gasteiger partial charge in [0, 0.05) is 7.11 Å². The first-order chi connectivity index (χ1) is 7.69. The molecule has 1 N–H and O–H groups in total. The van der Waals surface area contributed by atoms with Crippen LogP contribution >= 0.6 is 0 Å². The largest absolute Gasteiger partial charge is 0.481 e. The van der Waals surface area contributed by atoms with Crippen LogP contribution < -0.4 is 0 Å². The summed E-state index contributed by atoms with van der Waals surface area (Å²) in [6, 6.07) is 0. The second-order valence-electron chi connectivity index (χ2n) is 3.52. The average molecular weight is 227 g/mol. The summed E-state index contributed by atoms with van der Waals surface area (Å²) >= 11 is 0. The van der Waals surface area contributed by atoms with Crippen LogP contribution in [0.25, 0.3) is 0 Å². The van der Waals surface area contributed by atoms with Crippen LogP contribution in [0.2, 0.25) is 0 Å². The lowest BCUT2D eigenvalue weighted by Gasteiger charge is -2.05. The van der Waals surface area contributed by atoms with Gasteiger partial charge in [-0.15, -0.1) is 5.10 Å². The van der Waals surface area contributed by atoms with Gasteiger partial charge in [-0.05, 0) is 6.42 Å². The fourth-order valence-electron chi connectivity index (χ4n) is 1.52. The molecule has 0 radical (unpaired) electrons. The van der Waals surface area contributed by atoms with E-state index in [0.29, 0.717) is 18.8 Å². The lowest BCUT2D eigenvalue weighted by molar-refractivity contribution is -0.136. The Bertz CT molecular complexity index is 349. The normalized spacial score (nSPS) is 10.6. The Hall–Kier alpha value is -1.43. The van der Waals surface area contributed by atoms with Crippen molar-refractivity contribution in [2.75, 3.05) is 13.7 Å². The van der Waals surface area contributed by atoms with Crippen LogP contribution in [0.5, 0.6) is 0 Å². The summed E-state index contributed by atoms with van der Waals surface area (Å²) in [5.41, 5.74) is 1.47. The van der Waals surface area contributed by atoms with Gasteiger partial charge in [0.1, 0.15) is 0 Å². The summed E-state index contributed by atoms with van der Waals surface area (Å²) in [6.07, 6.45) is 1.66. The number of ether oxygens (including phenoxy) is 1. The second kappa shape index (κ2) is 6.22. The monoisotopic (exact) mass is 227 g/mol. The number of carbonyl (C=O) groups is 1. The summed E-state index contributed by atoms with van der Waals surface area (Å²) in [6.45, 7) is 3.20. The van der Waals surface area contributed by atoms with Crippen LogP contribution in [0.4, 0.5) is 0 Å². The van der Waals surface area contributed by atoms with Crippen LogP contribution in [0.15, 0.2) is 0 Å². The summed E-state index contributed by atoms with van der Waals surface area (Å²) in [7, 11) is 1.62. The number of hydrogen-bond acceptors (Lipinski definition) is 4. The smallest absolute Gasteiger partial charge is 0.309 e. The van der Waals surface area contributed by atoms with Crippen molar-refractivity contribution in [1.29, 1.82) is 0 Å².